The van der Waals surface area contributed by atoms with E-state index in [1.165, 1.54) is 25.1 Å². The molecule has 37 heavy (non-hydrogen) atoms. The van der Waals surface area contributed by atoms with E-state index in [1.54, 1.807) is 0 Å². The van der Waals surface area contributed by atoms with Gasteiger partial charge in [-0.1, -0.05) is 0 Å². The van der Waals surface area contributed by atoms with Crippen molar-refractivity contribution in [1.82, 2.24) is 0 Å². The number of Topliss-reactive ketones (excluding diaryl/α,β-unsaturated/α-hetero) is 2. The molecule has 1 saturated heterocycles. The summed E-state index contributed by atoms with van der Waals surface area (Å²) < 4.78 is 16.4. The Balaban J connectivity index is 1.87. The van der Waals surface area contributed by atoms with Gasteiger partial charge in [-0.05, 0) is 37.6 Å². The second-order valence-electron chi connectivity index (χ2n) is 8.61. The lowest BCUT2D eigenvalue weighted by Gasteiger charge is -2.39. The Kier molecular flexibility index (Phi) is 7.04. The lowest BCUT2D eigenvalue weighted by Crippen LogP contribution is -2.60. The van der Waals surface area contributed by atoms with Crippen molar-refractivity contribution in [1.29, 1.82) is 0 Å². The van der Waals surface area contributed by atoms with Crippen LogP contribution in [0.25, 0.3) is 22.1 Å². The van der Waals surface area contributed by atoms with E-state index in [0.717, 1.165) is 19.3 Å². The summed E-state index contributed by atoms with van der Waals surface area (Å²) in [6.45, 7) is 1.66. The molecule has 0 saturated carbocycles. The highest BCUT2D eigenvalue weighted by Crippen LogP contribution is 2.37. The topological polar surface area (TPSA) is 204 Å². The van der Waals surface area contributed by atoms with Gasteiger partial charge in [-0.2, -0.15) is 0 Å². The maximum Gasteiger partial charge on any atom is 0.229 e. The van der Waals surface area contributed by atoms with Gasteiger partial charge in [0.2, 0.25) is 11.7 Å². The van der Waals surface area contributed by atoms with Crippen LogP contribution in [0.5, 0.6) is 17.2 Å². The van der Waals surface area contributed by atoms with Crippen LogP contribution in [-0.2, 0) is 4.74 Å². The molecule has 2 heterocycles. The molecular weight excluding hydrogens is 492 g/mol. The minimum atomic E-state index is -1.80. The molecule has 4 rings (SSSR count). The molecule has 6 N–H and O–H groups in total. The van der Waals surface area contributed by atoms with Crippen molar-refractivity contribution in [2.24, 2.45) is 0 Å². The number of benzene rings is 2. The molecule has 5 atom stereocenters. The number of aliphatic hydroxyl groups excluding tert-OH is 4. The first-order valence-corrected chi connectivity index (χ1v) is 11.1. The quantitative estimate of drug-likeness (QED) is 0.247. The molecule has 2 aromatic carbocycles. The standard InChI is InChI=1S/C25H24O12/c1-9(27)13-5-11(29)3-4-12(13)14-8-35-24-18(10(2)28)16(6-15(30)19(24)20(14)31)36-25-23(34)22(33)21(32)17(7-26)37-25/h3-6,8,17,21-23,25-26,29-30,32-34H,7H2,1-2H3/t17-,21-,22+,23-,25-/m1/s1. The zero-order chi connectivity index (χ0) is 27.2. The summed E-state index contributed by atoms with van der Waals surface area (Å²) in [5.41, 5.74) is -1.40. The molecule has 1 fully saturated rings. The van der Waals surface area contributed by atoms with Gasteiger partial charge in [-0.3, -0.25) is 14.4 Å². The van der Waals surface area contributed by atoms with Crippen molar-refractivity contribution in [3.63, 3.8) is 0 Å². The van der Waals surface area contributed by atoms with Gasteiger partial charge in [0.15, 0.2) is 17.1 Å². The van der Waals surface area contributed by atoms with Crippen molar-refractivity contribution in [3.05, 3.63) is 51.9 Å². The Labute approximate surface area is 208 Å². The molecule has 0 amide bonds. The summed E-state index contributed by atoms with van der Waals surface area (Å²) in [6.07, 6.45) is -7.18. The molecule has 0 bridgehead atoms. The zero-order valence-corrected chi connectivity index (χ0v) is 19.6. The van der Waals surface area contributed by atoms with Crippen molar-refractivity contribution >= 4 is 22.5 Å². The average Bonchev–Trinajstić information content (AvgIpc) is 2.84. The van der Waals surface area contributed by atoms with E-state index in [9.17, 15) is 45.0 Å². The molecule has 0 spiro atoms. The number of ether oxygens (including phenoxy) is 2. The van der Waals surface area contributed by atoms with Gasteiger partial charge in [0.1, 0.15) is 58.9 Å². The Morgan fingerprint density at radius 3 is 2.30 bits per heavy atom. The monoisotopic (exact) mass is 516 g/mol. The van der Waals surface area contributed by atoms with E-state index in [2.05, 4.69) is 0 Å². The first-order chi connectivity index (χ1) is 17.5. The fourth-order valence-corrected chi connectivity index (χ4v) is 4.23. The van der Waals surface area contributed by atoms with Gasteiger partial charge < -0.3 is 44.5 Å². The van der Waals surface area contributed by atoms with E-state index in [-0.39, 0.29) is 39.3 Å². The number of rotatable bonds is 6. The molecule has 0 radical (unpaired) electrons. The minimum Gasteiger partial charge on any atom is -0.508 e. The van der Waals surface area contributed by atoms with Crippen molar-refractivity contribution in [2.45, 2.75) is 44.6 Å². The fraction of sp³-hybridized carbons (Fsp3) is 0.320. The summed E-state index contributed by atoms with van der Waals surface area (Å²) in [6, 6.07) is 4.71. The van der Waals surface area contributed by atoms with Gasteiger partial charge in [0, 0.05) is 11.6 Å². The summed E-state index contributed by atoms with van der Waals surface area (Å²) in [7, 11) is 0. The highest BCUT2D eigenvalue weighted by molar-refractivity contribution is 6.09. The lowest BCUT2D eigenvalue weighted by molar-refractivity contribution is -0.277. The third kappa shape index (κ3) is 4.56. The van der Waals surface area contributed by atoms with Crippen molar-refractivity contribution < 1.29 is 54.1 Å². The Morgan fingerprint density at radius 1 is 0.973 bits per heavy atom. The number of phenols is 2. The van der Waals surface area contributed by atoms with E-state index in [0.29, 0.717) is 0 Å². The van der Waals surface area contributed by atoms with Crippen LogP contribution in [0.1, 0.15) is 34.6 Å². The summed E-state index contributed by atoms with van der Waals surface area (Å²) in [5.74, 6) is -2.34. The predicted octanol–water partition coefficient (Wildman–Crippen LogP) is 0.455. The smallest absolute Gasteiger partial charge is 0.229 e. The molecule has 1 aliphatic rings. The third-order valence-electron chi connectivity index (χ3n) is 6.11. The zero-order valence-electron chi connectivity index (χ0n) is 19.6. The van der Waals surface area contributed by atoms with Gasteiger partial charge in [0.25, 0.3) is 0 Å². The third-order valence-corrected chi connectivity index (χ3v) is 6.11. The first kappa shape index (κ1) is 26.3. The van der Waals surface area contributed by atoms with E-state index >= 15 is 0 Å². The van der Waals surface area contributed by atoms with Gasteiger partial charge in [0.05, 0.1) is 12.2 Å². The van der Waals surface area contributed by atoms with Gasteiger partial charge in [-0.25, -0.2) is 0 Å². The predicted molar refractivity (Wildman–Crippen MR) is 126 cm³/mol. The van der Waals surface area contributed by atoms with Crippen LogP contribution in [0.3, 0.4) is 0 Å². The average molecular weight is 516 g/mol. The van der Waals surface area contributed by atoms with Crippen LogP contribution < -0.4 is 10.2 Å². The number of hydrogen-bond acceptors (Lipinski definition) is 12. The number of phenolic OH excluding ortho intramolecular Hbond substituents is 2. The molecule has 12 nitrogen and oxygen atoms in total. The number of fused-ring (bicyclic) bond motifs is 1. The number of aromatic hydroxyl groups is 2. The van der Waals surface area contributed by atoms with Crippen LogP contribution in [-0.4, -0.2) is 79.5 Å². The molecule has 196 valence electrons. The van der Waals surface area contributed by atoms with Crippen LogP contribution in [0.15, 0.2) is 39.7 Å². The number of ketones is 2. The minimum absolute atomic E-state index is 0.0282. The lowest BCUT2D eigenvalue weighted by atomic mass is 9.96. The largest absolute Gasteiger partial charge is 0.508 e. The second kappa shape index (κ2) is 9.92. The second-order valence-corrected chi connectivity index (χ2v) is 8.61. The molecule has 0 aliphatic carbocycles. The summed E-state index contributed by atoms with van der Waals surface area (Å²) >= 11 is 0. The van der Waals surface area contributed by atoms with Crippen LogP contribution in [0, 0.1) is 0 Å². The normalized spacial score (nSPS) is 23.7. The highest BCUT2D eigenvalue weighted by Gasteiger charge is 2.45. The van der Waals surface area contributed by atoms with Crippen molar-refractivity contribution in [2.75, 3.05) is 6.61 Å². The van der Waals surface area contributed by atoms with Gasteiger partial charge in [-0.15, -0.1) is 0 Å². The van der Waals surface area contributed by atoms with Crippen LogP contribution in [0.4, 0.5) is 0 Å². The van der Waals surface area contributed by atoms with E-state index in [1.807, 2.05) is 0 Å². The first-order valence-electron chi connectivity index (χ1n) is 11.1. The Morgan fingerprint density at radius 2 is 1.68 bits per heavy atom. The van der Waals surface area contributed by atoms with Crippen LogP contribution >= 0.6 is 0 Å². The number of hydrogen-bond donors (Lipinski definition) is 6. The SMILES string of the molecule is CC(=O)c1cc(O)ccc1-c1coc2c(C(C)=O)c(O[C@@H]3O[C@H](CO)[C@@H](O)[C@H](O)[C@H]3O)cc(O)c2c1=O. The van der Waals surface area contributed by atoms with Gasteiger partial charge >= 0.3 is 0 Å². The molecule has 1 aromatic heterocycles. The highest BCUT2D eigenvalue weighted by atomic mass is 16.7. The summed E-state index contributed by atoms with van der Waals surface area (Å²) in [5, 5.41) is 59.7. The van der Waals surface area contributed by atoms with Crippen LogP contribution in [0.2, 0.25) is 0 Å². The van der Waals surface area contributed by atoms with E-state index < -0.39 is 65.4 Å². The maximum absolute atomic E-state index is 13.4. The molecule has 3 aromatic rings. The number of carbonyl (C=O) groups excluding carboxylic acids is 2. The number of aliphatic hydroxyl groups is 4. The molecule has 0 unspecified atom stereocenters. The maximum atomic E-state index is 13.4. The summed E-state index contributed by atoms with van der Waals surface area (Å²) in [4.78, 5) is 38.1. The number of carbonyl (C=O) groups is 2. The Hall–Kier alpha value is -3.81. The molecular formula is C25H24O12. The van der Waals surface area contributed by atoms with E-state index in [4.69, 9.17) is 13.9 Å². The molecule has 12 heteroatoms. The Bertz CT molecular complexity index is 1440. The fourth-order valence-electron chi connectivity index (χ4n) is 4.23. The molecule has 1 aliphatic heterocycles. The van der Waals surface area contributed by atoms with Crippen molar-refractivity contribution in [3.8, 4) is 28.4 Å².